The molecule has 6 nitrogen and oxygen atoms in total. The van der Waals surface area contributed by atoms with Crippen LogP contribution in [0.5, 0.6) is 0 Å². The first-order valence-electron chi connectivity index (χ1n) is 7.52. The molecule has 0 bridgehead atoms. The zero-order valence-corrected chi connectivity index (χ0v) is 14.4. The molecule has 1 atom stereocenters. The van der Waals surface area contributed by atoms with E-state index in [0.29, 0.717) is 18.8 Å². The van der Waals surface area contributed by atoms with Crippen molar-refractivity contribution in [2.75, 3.05) is 18.4 Å². The van der Waals surface area contributed by atoms with Crippen LogP contribution in [-0.4, -0.2) is 38.5 Å². The molecule has 7 heteroatoms. The molecule has 0 saturated heterocycles. The van der Waals surface area contributed by atoms with Crippen LogP contribution < -0.4 is 10.0 Å². The Labute approximate surface area is 132 Å². The molecule has 0 heterocycles. The molecule has 0 aliphatic heterocycles. The zero-order chi connectivity index (χ0) is 16.8. The summed E-state index contributed by atoms with van der Waals surface area (Å²) in [6.45, 7) is 8.77. The fourth-order valence-electron chi connectivity index (χ4n) is 1.85. The second-order valence-electron chi connectivity index (χ2n) is 5.06. The summed E-state index contributed by atoms with van der Waals surface area (Å²) >= 11 is 0. The third kappa shape index (κ3) is 4.99. The van der Waals surface area contributed by atoms with Crippen LogP contribution >= 0.6 is 0 Å². The minimum absolute atomic E-state index is 0.118. The Kier molecular flexibility index (Phi) is 6.83. The Morgan fingerprint density at radius 3 is 2.14 bits per heavy atom. The number of anilines is 1. The summed E-state index contributed by atoms with van der Waals surface area (Å²) in [5.74, 6) is 0. The molecular weight excluding hydrogens is 302 g/mol. The van der Waals surface area contributed by atoms with Crippen LogP contribution in [0.3, 0.4) is 0 Å². The van der Waals surface area contributed by atoms with E-state index in [1.165, 1.54) is 12.1 Å². The van der Waals surface area contributed by atoms with Crippen LogP contribution in [0.15, 0.2) is 29.2 Å². The molecule has 1 rings (SSSR count). The van der Waals surface area contributed by atoms with Crippen molar-refractivity contribution >= 4 is 21.7 Å². The van der Waals surface area contributed by atoms with Crippen molar-refractivity contribution in [2.45, 2.75) is 45.1 Å². The van der Waals surface area contributed by atoms with E-state index >= 15 is 0 Å². The Balaban J connectivity index is 2.81. The van der Waals surface area contributed by atoms with E-state index < -0.39 is 10.0 Å². The summed E-state index contributed by atoms with van der Waals surface area (Å²) in [5.41, 5.74) is 0.569. The molecule has 124 valence electrons. The van der Waals surface area contributed by atoms with Crippen molar-refractivity contribution in [3.63, 3.8) is 0 Å². The van der Waals surface area contributed by atoms with Crippen LogP contribution in [0.1, 0.15) is 34.1 Å². The maximum Gasteiger partial charge on any atom is 0.321 e. The van der Waals surface area contributed by atoms with Gasteiger partial charge < -0.3 is 10.2 Å². The van der Waals surface area contributed by atoms with Gasteiger partial charge in [0.1, 0.15) is 0 Å². The van der Waals surface area contributed by atoms with Crippen molar-refractivity contribution in [3.05, 3.63) is 24.3 Å². The lowest BCUT2D eigenvalue weighted by Gasteiger charge is -2.19. The SMILES string of the molecule is CC[C@H](C)NS(=O)(=O)c1ccc(NC(=O)N(CC)CC)cc1. The van der Waals surface area contributed by atoms with Crippen molar-refractivity contribution < 1.29 is 13.2 Å². The molecule has 2 amide bonds. The first-order chi connectivity index (χ1) is 10.3. The van der Waals surface area contributed by atoms with E-state index in [-0.39, 0.29) is 17.0 Å². The molecule has 22 heavy (non-hydrogen) atoms. The van der Waals surface area contributed by atoms with Gasteiger partial charge in [0.2, 0.25) is 10.0 Å². The fourth-order valence-corrected chi connectivity index (χ4v) is 3.17. The van der Waals surface area contributed by atoms with E-state index in [4.69, 9.17) is 0 Å². The van der Waals surface area contributed by atoms with Gasteiger partial charge in [-0.15, -0.1) is 0 Å². The summed E-state index contributed by atoms with van der Waals surface area (Å²) < 4.78 is 26.9. The predicted molar refractivity (Wildman–Crippen MR) is 88.5 cm³/mol. The van der Waals surface area contributed by atoms with Crippen molar-refractivity contribution in [3.8, 4) is 0 Å². The summed E-state index contributed by atoms with van der Waals surface area (Å²) in [7, 11) is -3.52. The number of amides is 2. The number of nitrogens with zero attached hydrogens (tertiary/aromatic N) is 1. The number of hydrogen-bond acceptors (Lipinski definition) is 3. The first-order valence-corrected chi connectivity index (χ1v) is 9.00. The smallest absolute Gasteiger partial charge is 0.321 e. The summed E-state index contributed by atoms with van der Waals surface area (Å²) in [6, 6.07) is 5.84. The minimum Gasteiger partial charge on any atom is -0.325 e. The molecule has 2 N–H and O–H groups in total. The Morgan fingerprint density at radius 1 is 1.14 bits per heavy atom. The van der Waals surface area contributed by atoms with Crippen LogP contribution in [-0.2, 0) is 10.0 Å². The van der Waals surface area contributed by atoms with Gasteiger partial charge in [0, 0.05) is 24.8 Å². The fraction of sp³-hybridized carbons (Fsp3) is 0.533. The summed E-state index contributed by atoms with van der Waals surface area (Å²) in [6.07, 6.45) is 0.719. The third-order valence-electron chi connectivity index (χ3n) is 3.44. The van der Waals surface area contributed by atoms with Gasteiger partial charge >= 0.3 is 6.03 Å². The highest BCUT2D eigenvalue weighted by atomic mass is 32.2. The number of rotatable bonds is 7. The van der Waals surface area contributed by atoms with Crippen LogP contribution in [0.4, 0.5) is 10.5 Å². The largest absolute Gasteiger partial charge is 0.325 e. The number of benzene rings is 1. The Hall–Kier alpha value is -1.60. The highest BCUT2D eigenvalue weighted by Gasteiger charge is 2.16. The molecule has 0 saturated carbocycles. The van der Waals surface area contributed by atoms with E-state index in [9.17, 15) is 13.2 Å². The molecule has 0 fully saturated rings. The number of carbonyl (C=O) groups is 1. The maximum absolute atomic E-state index is 12.1. The lowest BCUT2D eigenvalue weighted by molar-refractivity contribution is 0.217. The van der Waals surface area contributed by atoms with Crippen molar-refractivity contribution in [1.82, 2.24) is 9.62 Å². The normalized spacial score (nSPS) is 12.7. The molecule has 0 aromatic heterocycles. The number of carbonyl (C=O) groups excluding carboxylic acids is 1. The molecule has 1 aromatic rings. The Morgan fingerprint density at radius 2 is 1.68 bits per heavy atom. The quantitative estimate of drug-likeness (QED) is 0.808. The molecular formula is C15H25N3O3S. The van der Waals surface area contributed by atoms with Gasteiger partial charge in [-0.3, -0.25) is 0 Å². The molecule has 0 aliphatic carbocycles. The van der Waals surface area contributed by atoms with E-state index in [2.05, 4.69) is 10.0 Å². The van der Waals surface area contributed by atoms with Crippen LogP contribution in [0.2, 0.25) is 0 Å². The van der Waals surface area contributed by atoms with Crippen molar-refractivity contribution in [2.24, 2.45) is 0 Å². The van der Waals surface area contributed by atoms with E-state index in [0.717, 1.165) is 6.42 Å². The number of hydrogen-bond donors (Lipinski definition) is 2. The number of sulfonamides is 1. The standard InChI is InChI=1S/C15H25N3O3S/c1-5-12(4)17-22(20,21)14-10-8-13(9-11-14)16-15(19)18(6-2)7-3/h8-12,17H,5-7H2,1-4H3,(H,16,19)/t12-/m0/s1. The minimum atomic E-state index is -3.52. The van der Waals surface area contributed by atoms with E-state index in [1.54, 1.807) is 17.0 Å². The number of nitrogens with one attached hydrogen (secondary N) is 2. The second kappa shape index (κ2) is 8.14. The molecule has 0 radical (unpaired) electrons. The zero-order valence-electron chi connectivity index (χ0n) is 13.6. The topological polar surface area (TPSA) is 78.5 Å². The third-order valence-corrected chi connectivity index (χ3v) is 5.04. The van der Waals surface area contributed by atoms with Gasteiger partial charge in [-0.25, -0.2) is 17.9 Å². The molecule has 0 aliphatic rings. The second-order valence-corrected chi connectivity index (χ2v) is 6.77. The van der Waals surface area contributed by atoms with E-state index in [1.807, 2.05) is 27.7 Å². The maximum atomic E-state index is 12.1. The van der Waals surface area contributed by atoms with Gasteiger partial charge in [-0.2, -0.15) is 0 Å². The highest BCUT2D eigenvalue weighted by molar-refractivity contribution is 7.89. The average molecular weight is 327 g/mol. The Bertz CT molecular complexity index is 581. The first kappa shape index (κ1) is 18.4. The van der Waals surface area contributed by atoms with Gasteiger partial charge in [0.25, 0.3) is 0 Å². The number of urea groups is 1. The molecule has 0 spiro atoms. The average Bonchev–Trinajstić information content (AvgIpc) is 2.48. The van der Waals surface area contributed by atoms with Gasteiger partial charge in [-0.1, -0.05) is 6.92 Å². The highest BCUT2D eigenvalue weighted by Crippen LogP contribution is 2.15. The molecule has 1 aromatic carbocycles. The van der Waals surface area contributed by atoms with Gasteiger partial charge in [0.15, 0.2) is 0 Å². The van der Waals surface area contributed by atoms with Gasteiger partial charge in [0.05, 0.1) is 4.90 Å². The predicted octanol–water partition coefficient (Wildman–Crippen LogP) is 2.64. The van der Waals surface area contributed by atoms with Crippen LogP contribution in [0.25, 0.3) is 0 Å². The summed E-state index contributed by atoms with van der Waals surface area (Å²) in [4.78, 5) is 13.8. The molecule has 0 unspecified atom stereocenters. The van der Waals surface area contributed by atoms with Crippen LogP contribution in [0, 0.1) is 0 Å². The van der Waals surface area contributed by atoms with Gasteiger partial charge in [-0.05, 0) is 51.5 Å². The lowest BCUT2D eigenvalue weighted by atomic mass is 10.3. The monoisotopic (exact) mass is 327 g/mol. The summed E-state index contributed by atoms with van der Waals surface area (Å²) in [5, 5.41) is 2.75. The lowest BCUT2D eigenvalue weighted by Crippen LogP contribution is -2.34. The van der Waals surface area contributed by atoms with Crippen molar-refractivity contribution in [1.29, 1.82) is 0 Å².